The van der Waals surface area contributed by atoms with Crippen molar-refractivity contribution in [3.63, 3.8) is 0 Å². The van der Waals surface area contributed by atoms with Crippen LogP contribution in [0.5, 0.6) is 0 Å². The van der Waals surface area contributed by atoms with E-state index >= 15 is 0 Å². The summed E-state index contributed by atoms with van der Waals surface area (Å²) in [6.45, 7) is 2.57. The fourth-order valence-corrected chi connectivity index (χ4v) is 2.48. The maximum absolute atomic E-state index is 11.8. The Bertz CT molecular complexity index is 381. The highest BCUT2D eigenvalue weighted by molar-refractivity contribution is 6.20. The molecule has 0 atom stereocenters. The van der Waals surface area contributed by atoms with Gasteiger partial charge in [0.15, 0.2) is 0 Å². The maximum Gasteiger partial charge on any atom is 0.254 e. The first-order valence-electron chi connectivity index (χ1n) is 6.12. The van der Waals surface area contributed by atoms with E-state index in [-0.39, 0.29) is 5.91 Å². The van der Waals surface area contributed by atoms with Crippen LogP contribution in [0.25, 0.3) is 0 Å². The van der Waals surface area contributed by atoms with Crippen molar-refractivity contribution in [1.82, 2.24) is 5.32 Å². The Hall–Kier alpha value is -0.960. The summed E-state index contributed by atoms with van der Waals surface area (Å²) in [6.07, 6.45) is 5.85. The third-order valence-electron chi connectivity index (χ3n) is 3.32. The van der Waals surface area contributed by atoms with Gasteiger partial charge in [0.1, 0.15) is 12.0 Å². The molecule has 1 fully saturated rings. The second kappa shape index (κ2) is 5.58. The molecule has 0 spiro atoms. The number of rotatable bonds is 3. The second-order valence-electron chi connectivity index (χ2n) is 4.77. The lowest BCUT2D eigenvalue weighted by molar-refractivity contribution is 0.0943. The lowest BCUT2D eigenvalue weighted by Crippen LogP contribution is -2.31. The molecule has 1 N–H and O–H groups in total. The van der Waals surface area contributed by atoms with Crippen molar-refractivity contribution in [1.29, 1.82) is 0 Å². The number of nitrogens with one attached hydrogen (secondary N) is 1. The first kappa shape index (κ1) is 12.5. The van der Waals surface area contributed by atoms with Crippen molar-refractivity contribution in [3.8, 4) is 0 Å². The highest BCUT2D eigenvalue weighted by Crippen LogP contribution is 2.27. The molecule has 1 aliphatic carbocycles. The standard InChI is InChI=1S/C13H18ClNO2/c1-9-6-11(8-17-9)13(16)15-7-10-2-4-12(14)5-3-10/h6,8,10,12H,2-5,7H2,1H3,(H,15,16). The second-order valence-corrected chi connectivity index (χ2v) is 5.39. The monoisotopic (exact) mass is 255 g/mol. The molecule has 2 rings (SSSR count). The number of carbonyl (C=O) groups is 1. The van der Waals surface area contributed by atoms with Crippen molar-refractivity contribution in [2.45, 2.75) is 38.0 Å². The average Bonchev–Trinajstić information content (AvgIpc) is 2.75. The molecule has 4 heteroatoms. The summed E-state index contributed by atoms with van der Waals surface area (Å²) in [7, 11) is 0. The minimum absolute atomic E-state index is 0.0464. The Kier molecular flexibility index (Phi) is 4.11. The molecule has 17 heavy (non-hydrogen) atoms. The molecule has 0 aliphatic heterocycles. The fourth-order valence-electron chi connectivity index (χ4n) is 2.23. The molecule has 94 valence electrons. The van der Waals surface area contributed by atoms with E-state index in [2.05, 4.69) is 5.32 Å². The van der Waals surface area contributed by atoms with E-state index in [0.29, 0.717) is 16.9 Å². The molecule has 0 unspecified atom stereocenters. The van der Waals surface area contributed by atoms with Crippen LogP contribution >= 0.6 is 11.6 Å². The van der Waals surface area contributed by atoms with Crippen molar-refractivity contribution in [2.24, 2.45) is 5.92 Å². The van der Waals surface area contributed by atoms with Crippen LogP contribution in [0.3, 0.4) is 0 Å². The molecule has 0 bridgehead atoms. The van der Waals surface area contributed by atoms with Crippen molar-refractivity contribution < 1.29 is 9.21 Å². The zero-order chi connectivity index (χ0) is 12.3. The Morgan fingerprint density at radius 1 is 1.47 bits per heavy atom. The van der Waals surface area contributed by atoms with Crippen LogP contribution in [0.15, 0.2) is 16.7 Å². The van der Waals surface area contributed by atoms with E-state index in [1.807, 2.05) is 6.92 Å². The Labute approximate surface area is 107 Å². The van der Waals surface area contributed by atoms with Crippen LogP contribution in [0.4, 0.5) is 0 Å². The topological polar surface area (TPSA) is 42.2 Å². The number of amides is 1. The summed E-state index contributed by atoms with van der Waals surface area (Å²) in [4.78, 5) is 11.8. The molecule has 1 amide bonds. The highest BCUT2D eigenvalue weighted by Gasteiger charge is 2.20. The molecule has 1 heterocycles. The van der Waals surface area contributed by atoms with Crippen LogP contribution < -0.4 is 5.32 Å². The summed E-state index contributed by atoms with van der Waals surface area (Å²) >= 11 is 6.04. The lowest BCUT2D eigenvalue weighted by Gasteiger charge is -2.24. The van der Waals surface area contributed by atoms with Gasteiger partial charge in [-0.3, -0.25) is 4.79 Å². The summed E-state index contributed by atoms with van der Waals surface area (Å²) in [6, 6.07) is 1.75. The predicted octanol–water partition coefficient (Wildman–Crippen LogP) is 3.12. The summed E-state index contributed by atoms with van der Waals surface area (Å²) < 4.78 is 5.11. The van der Waals surface area contributed by atoms with Gasteiger partial charge in [0.05, 0.1) is 5.56 Å². The zero-order valence-corrected chi connectivity index (χ0v) is 10.8. The number of aryl methyl sites for hydroxylation is 1. The molecular weight excluding hydrogens is 238 g/mol. The predicted molar refractivity (Wildman–Crippen MR) is 67.4 cm³/mol. The molecule has 0 saturated heterocycles. The van der Waals surface area contributed by atoms with E-state index < -0.39 is 0 Å². The largest absolute Gasteiger partial charge is 0.469 e. The SMILES string of the molecule is Cc1cc(C(=O)NCC2CCC(Cl)CC2)co1. The summed E-state index contributed by atoms with van der Waals surface area (Å²) in [5.74, 6) is 1.29. The molecule has 1 aliphatic rings. The van der Waals surface area contributed by atoms with E-state index in [1.54, 1.807) is 6.07 Å². The molecular formula is C13H18ClNO2. The molecule has 1 aromatic rings. The minimum atomic E-state index is -0.0464. The molecule has 0 aromatic carbocycles. The maximum atomic E-state index is 11.8. The normalized spacial score (nSPS) is 24.6. The van der Waals surface area contributed by atoms with Gasteiger partial charge in [-0.2, -0.15) is 0 Å². The lowest BCUT2D eigenvalue weighted by atomic mass is 9.89. The number of halogens is 1. The van der Waals surface area contributed by atoms with Crippen LogP contribution in [-0.2, 0) is 0 Å². The van der Waals surface area contributed by atoms with Crippen LogP contribution in [0, 0.1) is 12.8 Å². The first-order valence-corrected chi connectivity index (χ1v) is 6.56. The van der Waals surface area contributed by atoms with Gasteiger partial charge in [-0.15, -0.1) is 11.6 Å². The molecule has 3 nitrogen and oxygen atoms in total. The first-order chi connectivity index (χ1) is 8.15. The van der Waals surface area contributed by atoms with Gasteiger partial charge >= 0.3 is 0 Å². The van der Waals surface area contributed by atoms with Gasteiger partial charge in [0.25, 0.3) is 5.91 Å². The summed E-state index contributed by atoms with van der Waals surface area (Å²) in [5.41, 5.74) is 0.605. The average molecular weight is 256 g/mol. The highest BCUT2D eigenvalue weighted by atomic mass is 35.5. The number of carbonyl (C=O) groups excluding carboxylic acids is 1. The molecule has 1 aromatic heterocycles. The number of hydrogen-bond donors (Lipinski definition) is 1. The number of hydrogen-bond acceptors (Lipinski definition) is 2. The minimum Gasteiger partial charge on any atom is -0.469 e. The number of alkyl halides is 1. The third kappa shape index (κ3) is 3.50. The van der Waals surface area contributed by atoms with E-state index in [4.69, 9.17) is 16.0 Å². The van der Waals surface area contributed by atoms with Gasteiger partial charge in [-0.1, -0.05) is 0 Å². The van der Waals surface area contributed by atoms with Crippen LogP contribution in [0.1, 0.15) is 41.8 Å². The quantitative estimate of drug-likeness (QED) is 0.844. The van der Waals surface area contributed by atoms with Crippen molar-refractivity contribution in [2.75, 3.05) is 6.54 Å². The van der Waals surface area contributed by atoms with Gasteiger partial charge in [-0.05, 0) is 44.6 Å². The van der Waals surface area contributed by atoms with Crippen molar-refractivity contribution in [3.05, 3.63) is 23.7 Å². The van der Waals surface area contributed by atoms with Crippen molar-refractivity contribution >= 4 is 17.5 Å². The fraction of sp³-hybridized carbons (Fsp3) is 0.615. The van der Waals surface area contributed by atoms with Gasteiger partial charge in [0.2, 0.25) is 0 Å². The van der Waals surface area contributed by atoms with E-state index in [9.17, 15) is 4.79 Å². The van der Waals surface area contributed by atoms with Gasteiger partial charge < -0.3 is 9.73 Å². The molecule has 0 radical (unpaired) electrons. The Morgan fingerprint density at radius 3 is 2.76 bits per heavy atom. The van der Waals surface area contributed by atoms with E-state index in [1.165, 1.54) is 6.26 Å². The third-order valence-corrected chi connectivity index (χ3v) is 3.76. The van der Waals surface area contributed by atoms with Crippen LogP contribution in [0.2, 0.25) is 0 Å². The van der Waals surface area contributed by atoms with Crippen LogP contribution in [-0.4, -0.2) is 17.8 Å². The summed E-state index contributed by atoms with van der Waals surface area (Å²) in [5, 5.41) is 3.29. The Balaban J connectivity index is 1.76. The number of furan rings is 1. The smallest absolute Gasteiger partial charge is 0.254 e. The van der Waals surface area contributed by atoms with Gasteiger partial charge in [0, 0.05) is 11.9 Å². The van der Waals surface area contributed by atoms with E-state index in [0.717, 1.165) is 38.0 Å². The molecule has 1 saturated carbocycles. The van der Waals surface area contributed by atoms with Gasteiger partial charge in [-0.25, -0.2) is 0 Å². The zero-order valence-electron chi connectivity index (χ0n) is 10.0. The Morgan fingerprint density at radius 2 is 2.18 bits per heavy atom.